The molecular formula is C14H18N2O2S. The molecule has 3 N–H and O–H groups in total. The fourth-order valence-electron chi connectivity index (χ4n) is 2.55. The number of carbonyl (C=O) groups excluding carboxylic acids is 1. The lowest BCUT2D eigenvalue weighted by Gasteiger charge is -2.21. The number of nitrogen functional groups attached to an aromatic ring is 1. The van der Waals surface area contributed by atoms with E-state index in [1.807, 2.05) is 6.07 Å². The van der Waals surface area contributed by atoms with Gasteiger partial charge in [-0.2, -0.15) is 0 Å². The third-order valence-electron chi connectivity index (χ3n) is 3.72. The van der Waals surface area contributed by atoms with Crippen LogP contribution in [0.4, 0.5) is 11.4 Å². The van der Waals surface area contributed by atoms with Crippen LogP contribution in [0.2, 0.25) is 0 Å². The van der Waals surface area contributed by atoms with Gasteiger partial charge in [0.1, 0.15) is 0 Å². The molecule has 0 spiro atoms. The Kier molecular flexibility index (Phi) is 3.41. The minimum Gasteiger partial charge on any atom is -0.398 e. The first-order chi connectivity index (χ1) is 9.13. The third kappa shape index (κ3) is 2.58. The molecule has 19 heavy (non-hydrogen) atoms. The molecule has 0 bridgehead atoms. The summed E-state index contributed by atoms with van der Waals surface area (Å²) in [6, 6.07) is 4.01. The Bertz CT molecular complexity index is 518. The summed E-state index contributed by atoms with van der Waals surface area (Å²) < 4.78 is 5.59. The number of hydrogen-bond donors (Lipinski definition) is 2. The molecule has 2 heterocycles. The summed E-state index contributed by atoms with van der Waals surface area (Å²) in [5, 5.41) is 3.35. The maximum Gasteiger partial charge on any atom is 0.224 e. The molecule has 1 saturated heterocycles. The zero-order valence-corrected chi connectivity index (χ0v) is 11.8. The van der Waals surface area contributed by atoms with Crippen LogP contribution in [-0.2, 0) is 16.0 Å². The lowest BCUT2D eigenvalue weighted by molar-refractivity contribution is -0.116. The van der Waals surface area contributed by atoms with Crippen LogP contribution in [0.25, 0.3) is 0 Å². The molecule has 3 rings (SSSR count). The van der Waals surface area contributed by atoms with E-state index in [0.717, 1.165) is 35.7 Å². The summed E-state index contributed by atoms with van der Waals surface area (Å²) in [5.74, 6) is 0.0742. The number of nitrogens with two attached hydrogens (primary N) is 1. The minimum absolute atomic E-state index is 0.0742. The summed E-state index contributed by atoms with van der Waals surface area (Å²) in [6.45, 7) is 2.94. The number of amides is 1. The molecule has 4 nitrogen and oxygen atoms in total. The second-order valence-corrected chi connectivity index (χ2v) is 6.40. The van der Waals surface area contributed by atoms with Crippen molar-refractivity contribution >= 4 is 29.0 Å². The molecule has 0 radical (unpaired) electrons. The number of carbonyl (C=O) groups is 1. The van der Waals surface area contributed by atoms with Crippen molar-refractivity contribution < 1.29 is 9.53 Å². The number of nitrogens with one attached hydrogen (secondary N) is 1. The molecule has 2 atom stereocenters. The average molecular weight is 278 g/mol. The van der Waals surface area contributed by atoms with E-state index in [2.05, 4.69) is 18.3 Å². The van der Waals surface area contributed by atoms with Gasteiger partial charge in [-0.15, -0.1) is 11.8 Å². The van der Waals surface area contributed by atoms with E-state index < -0.39 is 0 Å². The highest BCUT2D eigenvalue weighted by Gasteiger charge is 2.26. The van der Waals surface area contributed by atoms with Crippen molar-refractivity contribution in [2.24, 2.45) is 0 Å². The molecule has 0 aliphatic carbocycles. The molecule has 2 aliphatic rings. The molecular weight excluding hydrogens is 260 g/mol. The van der Waals surface area contributed by atoms with Crippen LogP contribution in [-0.4, -0.2) is 23.9 Å². The van der Waals surface area contributed by atoms with E-state index in [0.29, 0.717) is 11.7 Å². The molecule has 0 aromatic heterocycles. The van der Waals surface area contributed by atoms with Gasteiger partial charge in [0.15, 0.2) is 0 Å². The SMILES string of the molecule is CC1OCCC1Sc1cc2c(cc1N)NC(=O)CC2. The zero-order chi connectivity index (χ0) is 13.4. The Morgan fingerprint density at radius 1 is 1.42 bits per heavy atom. The van der Waals surface area contributed by atoms with Crippen molar-refractivity contribution in [3.05, 3.63) is 17.7 Å². The van der Waals surface area contributed by atoms with Gasteiger partial charge in [0.25, 0.3) is 0 Å². The Morgan fingerprint density at radius 3 is 3.00 bits per heavy atom. The van der Waals surface area contributed by atoms with Crippen molar-refractivity contribution in [1.82, 2.24) is 0 Å². The van der Waals surface area contributed by atoms with Crippen molar-refractivity contribution in [2.75, 3.05) is 17.7 Å². The van der Waals surface area contributed by atoms with E-state index >= 15 is 0 Å². The van der Waals surface area contributed by atoms with E-state index in [1.54, 1.807) is 11.8 Å². The predicted octanol–water partition coefficient (Wildman–Crippen LogP) is 2.42. The lowest BCUT2D eigenvalue weighted by Crippen LogP contribution is -2.19. The molecule has 5 heteroatoms. The summed E-state index contributed by atoms with van der Waals surface area (Å²) in [6.07, 6.45) is 2.70. The van der Waals surface area contributed by atoms with E-state index in [4.69, 9.17) is 10.5 Å². The molecule has 2 unspecified atom stereocenters. The first-order valence-electron chi connectivity index (χ1n) is 6.64. The number of rotatable bonds is 2. The van der Waals surface area contributed by atoms with Gasteiger partial charge in [-0.25, -0.2) is 0 Å². The first-order valence-corrected chi connectivity index (χ1v) is 7.52. The van der Waals surface area contributed by atoms with Crippen LogP contribution in [0.5, 0.6) is 0 Å². The number of ether oxygens (including phenoxy) is 1. The molecule has 2 aliphatic heterocycles. The summed E-state index contributed by atoms with van der Waals surface area (Å²) in [7, 11) is 0. The van der Waals surface area contributed by atoms with Gasteiger partial charge in [-0.05, 0) is 37.5 Å². The van der Waals surface area contributed by atoms with Crippen LogP contribution in [0.1, 0.15) is 25.3 Å². The number of aryl methyl sites for hydroxylation is 1. The molecule has 1 aromatic rings. The summed E-state index contributed by atoms with van der Waals surface area (Å²) in [5.41, 5.74) is 8.89. The van der Waals surface area contributed by atoms with E-state index in [1.165, 1.54) is 5.56 Å². The number of anilines is 2. The highest BCUT2D eigenvalue weighted by atomic mass is 32.2. The second kappa shape index (κ2) is 5.06. The standard InChI is InChI=1S/C14H18N2O2S/c1-8-12(4-5-18-8)19-13-6-9-2-3-14(17)16-11(9)7-10(13)15/h6-8,12H,2-5,15H2,1H3,(H,16,17). The quantitative estimate of drug-likeness (QED) is 0.815. The zero-order valence-electron chi connectivity index (χ0n) is 10.9. The van der Waals surface area contributed by atoms with Crippen LogP contribution >= 0.6 is 11.8 Å². The van der Waals surface area contributed by atoms with Gasteiger partial charge in [0.2, 0.25) is 5.91 Å². The maximum absolute atomic E-state index is 11.4. The first kappa shape index (κ1) is 12.8. The van der Waals surface area contributed by atoms with E-state index in [9.17, 15) is 4.79 Å². The number of benzene rings is 1. The fraction of sp³-hybridized carbons (Fsp3) is 0.500. The fourth-order valence-corrected chi connectivity index (χ4v) is 3.77. The van der Waals surface area contributed by atoms with Gasteiger partial charge < -0.3 is 15.8 Å². The van der Waals surface area contributed by atoms with Gasteiger partial charge in [-0.1, -0.05) is 0 Å². The Hall–Kier alpha value is -1.20. The van der Waals surface area contributed by atoms with Gasteiger partial charge in [-0.3, -0.25) is 4.79 Å². The smallest absolute Gasteiger partial charge is 0.224 e. The molecule has 102 valence electrons. The topological polar surface area (TPSA) is 64.3 Å². The lowest BCUT2D eigenvalue weighted by atomic mass is 10.0. The average Bonchev–Trinajstić information content (AvgIpc) is 2.76. The Balaban J connectivity index is 1.84. The highest BCUT2D eigenvalue weighted by molar-refractivity contribution is 8.00. The predicted molar refractivity (Wildman–Crippen MR) is 77.5 cm³/mol. The van der Waals surface area contributed by atoms with Crippen LogP contribution < -0.4 is 11.1 Å². The monoisotopic (exact) mass is 278 g/mol. The van der Waals surface area contributed by atoms with Crippen LogP contribution in [0, 0.1) is 0 Å². The van der Waals surface area contributed by atoms with Crippen molar-refractivity contribution in [1.29, 1.82) is 0 Å². The molecule has 0 saturated carbocycles. The summed E-state index contributed by atoms with van der Waals surface area (Å²) >= 11 is 1.80. The van der Waals surface area contributed by atoms with Crippen molar-refractivity contribution in [3.8, 4) is 0 Å². The molecule has 1 aromatic carbocycles. The van der Waals surface area contributed by atoms with Crippen LogP contribution in [0.15, 0.2) is 17.0 Å². The second-order valence-electron chi connectivity index (χ2n) is 5.12. The largest absolute Gasteiger partial charge is 0.398 e. The Labute approximate surface area is 117 Å². The van der Waals surface area contributed by atoms with Gasteiger partial charge >= 0.3 is 0 Å². The summed E-state index contributed by atoms with van der Waals surface area (Å²) in [4.78, 5) is 12.5. The maximum atomic E-state index is 11.4. The normalized spacial score (nSPS) is 26.1. The Morgan fingerprint density at radius 2 is 2.26 bits per heavy atom. The van der Waals surface area contributed by atoms with Crippen molar-refractivity contribution in [2.45, 2.75) is 42.4 Å². The minimum atomic E-state index is 0.0742. The number of hydrogen-bond acceptors (Lipinski definition) is 4. The van der Waals surface area contributed by atoms with Crippen molar-refractivity contribution in [3.63, 3.8) is 0 Å². The highest BCUT2D eigenvalue weighted by Crippen LogP contribution is 2.39. The third-order valence-corrected chi connectivity index (χ3v) is 5.25. The number of thioether (sulfide) groups is 1. The van der Waals surface area contributed by atoms with Gasteiger partial charge in [0.05, 0.1) is 6.10 Å². The van der Waals surface area contributed by atoms with Crippen LogP contribution in [0.3, 0.4) is 0 Å². The number of fused-ring (bicyclic) bond motifs is 1. The van der Waals surface area contributed by atoms with Gasteiger partial charge in [0, 0.05) is 34.5 Å². The molecule has 1 fully saturated rings. The van der Waals surface area contributed by atoms with E-state index in [-0.39, 0.29) is 12.0 Å². The molecule has 1 amide bonds.